The summed E-state index contributed by atoms with van der Waals surface area (Å²) in [7, 11) is 0. The number of furan rings is 2. The fourth-order valence-corrected chi connectivity index (χ4v) is 9.33. The van der Waals surface area contributed by atoms with Crippen LogP contribution in [0.5, 0.6) is 0 Å². The summed E-state index contributed by atoms with van der Waals surface area (Å²) in [6.45, 7) is 0. The molecule has 0 unspecified atom stereocenters. The summed E-state index contributed by atoms with van der Waals surface area (Å²) in [6, 6.07) is 71.5. The summed E-state index contributed by atoms with van der Waals surface area (Å²) < 4.78 is 12.1. The number of anilines is 3. The van der Waals surface area contributed by atoms with Crippen LogP contribution in [0.2, 0.25) is 0 Å². The van der Waals surface area contributed by atoms with Crippen LogP contribution in [0.15, 0.2) is 221 Å². The number of hydrogen-bond acceptors (Lipinski definition) is 5. The molecule has 63 heavy (non-hydrogen) atoms. The highest BCUT2D eigenvalue weighted by atomic mass is 16.3. The third kappa shape index (κ3) is 5.93. The van der Waals surface area contributed by atoms with Gasteiger partial charge in [-0.25, -0.2) is 9.97 Å². The zero-order valence-corrected chi connectivity index (χ0v) is 33.9. The van der Waals surface area contributed by atoms with Crippen molar-refractivity contribution in [3.05, 3.63) is 213 Å². The summed E-state index contributed by atoms with van der Waals surface area (Å²) in [5, 5.41) is 11.5. The second-order valence-electron chi connectivity index (χ2n) is 16.2. The van der Waals surface area contributed by atoms with Crippen LogP contribution in [0.1, 0.15) is 0 Å². The third-order valence-corrected chi connectivity index (χ3v) is 12.5. The number of aromatic nitrogens is 2. The van der Waals surface area contributed by atoms with Crippen LogP contribution < -0.4 is 4.90 Å². The average molecular weight is 806 g/mol. The van der Waals surface area contributed by atoms with Gasteiger partial charge < -0.3 is 13.7 Å². The molecule has 0 aliphatic heterocycles. The van der Waals surface area contributed by atoms with E-state index in [1.165, 1.54) is 43.4 Å². The summed E-state index contributed by atoms with van der Waals surface area (Å²) >= 11 is 0. The Balaban J connectivity index is 0.891. The highest BCUT2D eigenvalue weighted by Crippen LogP contribution is 2.41. The Hall–Kier alpha value is -8.54. The predicted molar refractivity (Wildman–Crippen MR) is 260 cm³/mol. The number of nitrogens with zero attached hydrogens (tertiary/aromatic N) is 3. The van der Waals surface area contributed by atoms with Crippen molar-refractivity contribution in [1.29, 1.82) is 0 Å². The summed E-state index contributed by atoms with van der Waals surface area (Å²) in [5.74, 6) is 0. The van der Waals surface area contributed by atoms with E-state index in [2.05, 4.69) is 169 Å². The molecule has 0 saturated carbocycles. The van der Waals surface area contributed by atoms with Crippen molar-refractivity contribution in [2.24, 2.45) is 0 Å². The maximum absolute atomic E-state index is 6.03. The molecule has 5 heteroatoms. The SMILES string of the molecule is c1ccc2cc(-c3ccc4c(ccc5cc(N(c6ccc(-c7cnc8oc9ccccc9c8c7)cc6)c6ccc(-c7cnc8oc9ccccc9c8c7)cc6)ccc54)c3)ccc2c1. The molecule has 9 aromatic carbocycles. The van der Waals surface area contributed by atoms with E-state index in [-0.39, 0.29) is 0 Å². The number of fused-ring (bicyclic) bond motifs is 10. The molecule has 0 saturated heterocycles. The number of pyridine rings is 2. The van der Waals surface area contributed by atoms with E-state index in [4.69, 9.17) is 18.8 Å². The van der Waals surface area contributed by atoms with E-state index < -0.39 is 0 Å². The Kier molecular flexibility index (Phi) is 7.84. The monoisotopic (exact) mass is 805 g/mol. The van der Waals surface area contributed by atoms with Gasteiger partial charge in [-0.1, -0.05) is 127 Å². The zero-order valence-electron chi connectivity index (χ0n) is 33.9. The van der Waals surface area contributed by atoms with Crippen LogP contribution in [-0.4, -0.2) is 9.97 Å². The van der Waals surface area contributed by atoms with Gasteiger partial charge in [-0.2, -0.15) is 0 Å². The van der Waals surface area contributed by atoms with Gasteiger partial charge in [0.05, 0.1) is 0 Å². The standard InChI is InChI=1S/C58H35N3O2/c1-2-8-39-29-40(14-13-36(39)7-1)41-21-27-49-42(30-41)15-16-43-31-48(26-28-50(43)49)61(46-22-17-37(18-23-46)44-32-53-51-9-3-5-11-55(51)62-57(53)59-34-44)47-24-19-38(20-25-47)45-33-54-52-10-4-6-12-56(52)63-58(54)60-35-45/h1-35H. The first-order valence-electron chi connectivity index (χ1n) is 21.2. The van der Waals surface area contributed by atoms with Crippen LogP contribution in [0.25, 0.3) is 110 Å². The van der Waals surface area contributed by atoms with E-state index in [1.807, 2.05) is 48.8 Å². The highest BCUT2D eigenvalue weighted by molar-refractivity contribution is 6.10. The van der Waals surface area contributed by atoms with E-state index in [0.717, 1.165) is 72.0 Å². The normalized spacial score (nSPS) is 11.8. The van der Waals surface area contributed by atoms with Crippen LogP contribution in [-0.2, 0) is 0 Å². The van der Waals surface area contributed by atoms with Gasteiger partial charge in [0.25, 0.3) is 0 Å². The maximum Gasteiger partial charge on any atom is 0.227 e. The Morgan fingerprint density at radius 1 is 0.286 bits per heavy atom. The first-order valence-corrected chi connectivity index (χ1v) is 21.2. The Labute approximate surface area is 361 Å². The lowest BCUT2D eigenvalue weighted by Gasteiger charge is -2.26. The second kappa shape index (κ2) is 14.0. The lowest BCUT2D eigenvalue weighted by molar-refractivity contribution is 0.654. The summed E-state index contributed by atoms with van der Waals surface area (Å²) in [6.07, 6.45) is 3.79. The van der Waals surface area contributed by atoms with Crippen LogP contribution in [0.4, 0.5) is 17.1 Å². The van der Waals surface area contributed by atoms with Crippen molar-refractivity contribution in [3.63, 3.8) is 0 Å². The van der Waals surface area contributed by atoms with Crippen molar-refractivity contribution < 1.29 is 8.83 Å². The molecule has 0 aliphatic carbocycles. The Bertz CT molecular complexity index is 3760. The fraction of sp³-hybridized carbons (Fsp3) is 0. The van der Waals surface area contributed by atoms with Crippen molar-refractivity contribution in [1.82, 2.24) is 9.97 Å². The largest absolute Gasteiger partial charge is 0.438 e. The molecule has 0 atom stereocenters. The molecule has 4 aromatic heterocycles. The smallest absolute Gasteiger partial charge is 0.227 e. The van der Waals surface area contributed by atoms with E-state index in [1.54, 1.807) is 0 Å². The molecule has 294 valence electrons. The van der Waals surface area contributed by atoms with Crippen molar-refractivity contribution in [3.8, 4) is 33.4 Å². The van der Waals surface area contributed by atoms with Gasteiger partial charge in [-0.05, 0) is 127 Å². The molecule has 0 spiro atoms. The fourth-order valence-electron chi connectivity index (χ4n) is 9.33. The Morgan fingerprint density at radius 2 is 0.730 bits per heavy atom. The molecular formula is C58H35N3O2. The van der Waals surface area contributed by atoms with Crippen molar-refractivity contribution >= 4 is 93.5 Å². The average Bonchev–Trinajstić information content (AvgIpc) is 3.92. The van der Waals surface area contributed by atoms with Gasteiger partial charge in [0.2, 0.25) is 11.4 Å². The first kappa shape index (κ1) is 35.2. The molecule has 0 fully saturated rings. The maximum atomic E-state index is 6.03. The number of para-hydroxylation sites is 2. The lowest BCUT2D eigenvalue weighted by atomic mass is 9.96. The molecule has 13 rings (SSSR count). The molecule has 4 heterocycles. The number of benzene rings is 9. The molecule has 0 bridgehead atoms. The van der Waals surface area contributed by atoms with Gasteiger partial charge in [-0.3, -0.25) is 0 Å². The molecule has 13 aromatic rings. The third-order valence-electron chi connectivity index (χ3n) is 12.5. The Morgan fingerprint density at radius 3 is 1.33 bits per heavy atom. The van der Waals surface area contributed by atoms with Gasteiger partial charge >= 0.3 is 0 Å². The zero-order chi connectivity index (χ0) is 41.4. The van der Waals surface area contributed by atoms with Crippen molar-refractivity contribution in [2.45, 2.75) is 0 Å². The van der Waals surface area contributed by atoms with Gasteiger partial charge in [0, 0.05) is 62.1 Å². The summed E-state index contributed by atoms with van der Waals surface area (Å²) in [5.41, 5.74) is 12.8. The molecule has 0 amide bonds. The van der Waals surface area contributed by atoms with E-state index >= 15 is 0 Å². The highest BCUT2D eigenvalue weighted by Gasteiger charge is 2.17. The minimum atomic E-state index is 0.648. The molecule has 5 nitrogen and oxygen atoms in total. The first-order chi connectivity index (χ1) is 31.2. The van der Waals surface area contributed by atoms with Gasteiger partial charge in [0.1, 0.15) is 11.2 Å². The van der Waals surface area contributed by atoms with Gasteiger partial charge in [0.15, 0.2) is 0 Å². The summed E-state index contributed by atoms with van der Waals surface area (Å²) in [4.78, 5) is 11.7. The molecule has 0 N–H and O–H groups in total. The quantitative estimate of drug-likeness (QED) is 0.157. The molecule has 0 radical (unpaired) electrons. The van der Waals surface area contributed by atoms with Crippen LogP contribution in [0, 0.1) is 0 Å². The van der Waals surface area contributed by atoms with Crippen LogP contribution in [0.3, 0.4) is 0 Å². The van der Waals surface area contributed by atoms with E-state index in [0.29, 0.717) is 11.4 Å². The number of rotatable bonds is 6. The minimum Gasteiger partial charge on any atom is -0.438 e. The minimum absolute atomic E-state index is 0.648. The molecule has 0 aliphatic rings. The topological polar surface area (TPSA) is 55.3 Å². The van der Waals surface area contributed by atoms with Crippen LogP contribution >= 0.6 is 0 Å². The number of hydrogen-bond donors (Lipinski definition) is 0. The van der Waals surface area contributed by atoms with E-state index in [9.17, 15) is 0 Å². The predicted octanol–water partition coefficient (Wildman–Crippen LogP) is 16.2. The second-order valence-corrected chi connectivity index (χ2v) is 16.2. The lowest BCUT2D eigenvalue weighted by Crippen LogP contribution is -2.09. The van der Waals surface area contributed by atoms with Crippen molar-refractivity contribution in [2.75, 3.05) is 4.90 Å². The molecular weight excluding hydrogens is 771 g/mol. The van der Waals surface area contributed by atoms with Gasteiger partial charge in [-0.15, -0.1) is 0 Å².